The Hall–Kier alpha value is -1.38. The summed E-state index contributed by atoms with van der Waals surface area (Å²) >= 11 is 0. The van der Waals surface area contributed by atoms with Crippen molar-refractivity contribution in [3.8, 4) is 0 Å². The van der Waals surface area contributed by atoms with Crippen LogP contribution in [-0.2, 0) is 4.43 Å². The third-order valence-corrected chi connectivity index (χ3v) is 6.43. The lowest BCUT2D eigenvalue weighted by Gasteiger charge is -2.31. The third kappa shape index (κ3) is 3.81. The zero-order valence-electron chi connectivity index (χ0n) is 12.8. The summed E-state index contributed by atoms with van der Waals surface area (Å²) in [5.74, 6) is 0. The lowest BCUT2D eigenvalue weighted by molar-refractivity contribution is 0.107. The van der Waals surface area contributed by atoms with E-state index >= 15 is 0 Å². The van der Waals surface area contributed by atoms with Crippen molar-refractivity contribution in [1.29, 1.82) is 0 Å². The molecule has 2 heteroatoms. The minimum absolute atomic E-state index is 0.162. The zero-order chi connectivity index (χ0) is 14.6. The van der Waals surface area contributed by atoms with Crippen molar-refractivity contribution in [2.24, 2.45) is 5.41 Å². The predicted molar refractivity (Wildman–Crippen MR) is 89.3 cm³/mol. The number of rotatable bonds is 4. The van der Waals surface area contributed by atoms with E-state index in [0.717, 1.165) is 0 Å². The minimum Gasteiger partial charge on any atom is -0.408 e. The van der Waals surface area contributed by atoms with Gasteiger partial charge >= 0.3 is 0 Å². The molecule has 0 saturated carbocycles. The molecule has 1 unspecified atom stereocenters. The van der Waals surface area contributed by atoms with Gasteiger partial charge in [0.1, 0.15) is 0 Å². The summed E-state index contributed by atoms with van der Waals surface area (Å²) in [6.45, 7) is 8.89. The van der Waals surface area contributed by atoms with Crippen LogP contribution in [-0.4, -0.2) is 15.1 Å². The van der Waals surface area contributed by atoms with Crippen LogP contribution in [0.3, 0.4) is 0 Å². The second kappa shape index (κ2) is 6.38. The summed E-state index contributed by atoms with van der Waals surface area (Å²) < 4.78 is 6.53. The van der Waals surface area contributed by atoms with E-state index in [0.29, 0.717) is 0 Å². The molecule has 2 rings (SSSR count). The standard InChI is InChI=1S/C18H24OSi/c1-15(18(2,3)4)19-20(16-11-7-5-8-12-16)17-13-9-6-10-14-17/h5-15,20H,1-4H3. The molecule has 0 saturated heterocycles. The molecule has 2 aromatic carbocycles. The molecular formula is C18H24OSi. The van der Waals surface area contributed by atoms with Crippen molar-refractivity contribution < 1.29 is 4.43 Å². The SMILES string of the molecule is CC(O[SiH](c1ccccc1)c1ccccc1)C(C)(C)C. The second-order valence-corrected chi connectivity index (χ2v) is 8.71. The van der Waals surface area contributed by atoms with E-state index in [2.05, 4.69) is 88.4 Å². The van der Waals surface area contributed by atoms with Gasteiger partial charge in [-0.3, -0.25) is 0 Å². The van der Waals surface area contributed by atoms with Gasteiger partial charge in [0.2, 0.25) is 9.04 Å². The summed E-state index contributed by atoms with van der Waals surface area (Å²) in [7, 11) is -1.61. The van der Waals surface area contributed by atoms with Crippen LogP contribution in [0.25, 0.3) is 0 Å². The monoisotopic (exact) mass is 284 g/mol. The Balaban J connectivity index is 2.31. The molecule has 0 bridgehead atoms. The van der Waals surface area contributed by atoms with Gasteiger partial charge in [0.15, 0.2) is 0 Å². The summed E-state index contributed by atoms with van der Waals surface area (Å²) in [5.41, 5.74) is 0.162. The predicted octanol–water partition coefficient (Wildman–Crippen LogP) is 2.98. The second-order valence-electron chi connectivity index (χ2n) is 6.35. The molecule has 0 fully saturated rings. The molecule has 0 amide bonds. The summed E-state index contributed by atoms with van der Waals surface area (Å²) in [4.78, 5) is 0. The fourth-order valence-corrected chi connectivity index (χ4v) is 4.67. The van der Waals surface area contributed by atoms with Gasteiger partial charge in [-0.2, -0.15) is 0 Å². The van der Waals surface area contributed by atoms with Crippen molar-refractivity contribution in [2.75, 3.05) is 0 Å². The highest BCUT2D eigenvalue weighted by Gasteiger charge is 2.26. The maximum Gasteiger partial charge on any atom is 0.240 e. The molecule has 0 aliphatic rings. The van der Waals surface area contributed by atoms with Crippen LogP contribution < -0.4 is 10.4 Å². The largest absolute Gasteiger partial charge is 0.408 e. The van der Waals surface area contributed by atoms with Gasteiger partial charge in [0, 0.05) is 6.10 Å². The van der Waals surface area contributed by atoms with E-state index < -0.39 is 9.04 Å². The van der Waals surface area contributed by atoms with Crippen LogP contribution in [0.4, 0.5) is 0 Å². The topological polar surface area (TPSA) is 9.23 Å². The highest BCUT2D eigenvalue weighted by molar-refractivity contribution is 6.80. The summed E-state index contributed by atoms with van der Waals surface area (Å²) in [5, 5.41) is 2.68. The van der Waals surface area contributed by atoms with E-state index in [1.54, 1.807) is 0 Å². The molecule has 0 spiro atoms. The van der Waals surface area contributed by atoms with Crippen molar-refractivity contribution >= 4 is 19.4 Å². The Kier molecular flexibility index (Phi) is 4.79. The van der Waals surface area contributed by atoms with Gasteiger partial charge in [-0.25, -0.2) is 0 Å². The van der Waals surface area contributed by atoms with Gasteiger partial charge in [0.25, 0.3) is 0 Å². The van der Waals surface area contributed by atoms with Gasteiger partial charge < -0.3 is 4.43 Å². The van der Waals surface area contributed by atoms with Crippen molar-refractivity contribution in [3.63, 3.8) is 0 Å². The molecule has 0 heterocycles. The first-order chi connectivity index (χ1) is 9.48. The van der Waals surface area contributed by atoms with Crippen LogP contribution >= 0.6 is 0 Å². The summed E-state index contributed by atoms with van der Waals surface area (Å²) in [6, 6.07) is 21.3. The Morgan fingerprint density at radius 1 is 0.800 bits per heavy atom. The highest BCUT2D eigenvalue weighted by atomic mass is 28.3. The van der Waals surface area contributed by atoms with Gasteiger partial charge in [0.05, 0.1) is 0 Å². The number of hydrogen-bond donors (Lipinski definition) is 0. The Morgan fingerprint density at radius 2 is 1.20 bits per heavy atom. The van der Waals surface area contributed by atoms with Crippen LogP contribution in [0.1, 0.15) is 27.7 Å². The van der Waals surface area contributed by atoms with Crippen LogP contribution in [0, 0.1) is 5.41 Å². The smallest absolute Gasteiger partial charge is 0.240 e. The molecule has 1 atom stereocenters. The normalized spacial score (nSPS) is 13.4. The average molecular weight is 284 g/mol. The van der Waals surface area contributed by atoms with Gasteiger partial charge in [-0.1, -0.05) is 81.4 Å². The lowest BCUT2D eigenvalue weighted by Crippen LogP contribution is -2.48. The first-order valence-corrected chi connectivity index (χ1v) is 8.86. The molecule has 1 nitrogen and oxygen atoms in total. The zero-order valence-corrected chi connectivity index (χ0v) is 14.0. The number of hydrogen-bond acceptors (Lipinski definition) is 1. The van der Waals surface area contributed by atoms with Crippen LogP contribution in [0.2, 0.25) is 0 Å². The molecule has 0 N–H and O–H groups in total. The molecule has 0 aliphatic heterocycles. The highest BCUT2D eigenvalue weighted by Crippen LogP contribution is 2.22. The van der Waals surface area contributed by atoms with E-state index in [4.69, 9.17) is 4.43 Å². The van der Waals surface area contributed by atoms with E-state index in [1.807, 2.05) is 0 Å². The van der Waals surface area contributed by atoms with Crippen LogP contribution in [0.15, 0.2) is 60.7 Å². The first kappa shape index (κ1) is 15.0. The van der Waals surface area contributed by atoms with Gasteiger partial charge in [-0.15, -0.1) is 0 Å². The molecule has 0 aliphatic carbocycles. The fraction of sp³-hybridized carbons (Fsp3) is 0.333. The van der Waals surface area contributed by atoms with Crippen molar-refractivity contribution in [3.05, 3.63) is 60.7 Å². The lowest BCUT2D eigenvalue weighted by atomic mass is 9.91. The molecule has 0 radical (unpaired) electrons. The van der Waals surface area contributed by atoms with Gasteiger partial charge in [-0.05, 0) is 22.7 Å². The Morgan fingerprint density at radius 3 is 1.55 bits per heavy atom. The first-order valence-electron chi connectivity index (χ1n) is 7.24. The molecule has 2 aromatic rings. The quantitative estimate of drug-likeness (QED) is 0.784. The molecular weight excluding hydrogens is 260 g/mol. The summed E-state index contributed by atoms with van der Waals surface area (Å²) in [6.07, 6.45) is 0.236. The van der Waals surface area contributed by atoms with Crippen molar-refractivity contribution in [1.82, 2.24) is 0 Å². The van der Waals surface area contributed by atoms with E-state index in [1.165, 1.54) is 10.4 Å². The molecule has 0 aromatic heterocycles. The minimum atomic E-state index is -1.61. The maximum atomic E-state index is 6.53. The van der Waals surface area contributed by atoms with Crippen LogP contribution in [0.5, 0.6) is 0 Å². The number of benzene rings is 2. The van der Waals surface area contributed by atoms with Crippen molar-refractivity contribution in [2.45, 2.75) is 33.8 Å². The average Bonchev–Trinajstić information content (AvgIpc) is 2.45. The molecule has 106 valence electrons. The third-order valence-electron chi connectivity index (χ3n) is 3.76. The van der Waals surface area contributed by atoms with E-state index in [-0.39, 0.29) is 11.5 Å². The maximum absolute atomic E-state index is 6.53. The Labute approximate surface area is 124 Å². The molecule has 20 heavy (non-hydrogen) atoms. The fourth-order valence-electron chi connectivity index (χ4n) is 2.01. The Bertz CT molecular complexity index is 477. The van der Waals surface area contributed by atoms with E-state index in [9.17, 15) is 0 Å².